The van der Waals surface area contributed by atoms with Crippen LogP contribution in [0, 0.1) is 0 Å². The molecular weight excluding hydrogens is 408 g/mol. The molecule has 29 heavy (non-hydrogen) atoms. The van der Waals surface area contributed by atoms with Gasteiger partial charge in [0.25, 0.3) is 0 Å². The van der Waals surface area contributed by atoms with E-state index >= 15 is 0 Å². The fourth-order valence-corrected chi connectivity index (χ4v) is 6.38. The van der Waals surface area contributed by atoms with E-state index in [1.54, 1.807) is 16.7 Å². The van der Waals surface area contributed by atoms with Gasteiger partial charge in [-0.15, -0.1) is 11.8 Å². The monoisotopic (exact) mass is 430 g/mol. The first-order valence-corrected chi connectivity index (χ1v) is 11.8. The van der Waals surface area contributed by atoms with Gasteiger partial charge in [0, 0.05) is 36.6 Å². The minimum atomic E-state index is -3.64. The Morgan fingerprint density at radius 1 is 0.966 bits per heavy atom. The van der Waals surface area contributed by atoms with Crippen molar-refractivity contribution in [3.8, 4) is 0 Å². The molecule has 152 valence electrons. The predicted octanol–water partition coefficient (Wildman–Crippen LogP) is 2.44. The lowest BCUT2D eigenvalue weighted by molar-refractivity contribution is -0.131. The van der Waals surface area contributed by atoms with E-state index < -0.39 is 10.0 Å². The molecule has 0 bridgehead atoms. The smallest absolute Gasteiger partial charge is 0.243 e. The van der Waals surface area contributed by atoms with Gasteiger partial charge in [-0.05, 0) is 37.1 Å². The number of ketones is 1. The topological polar surface area (TPSA) is 74.8 Å². The number of carbonyl (C=O) groups excluding carboxylic acids is 2. The number of piperazine rings is 1. The molecule has 1 fully saturated rings. The van der Waals surface area contributed by atoms with Crippen molar-refractivity contribution in [3.05, 3.63) is 59.7 Å². The highest BCUT2D eigenvalue weighted by atomic mass is 32.2. The van der Waals surface area contributed by atoms with Crippen LogP contribution in [0.4, 0.5) is 0 Å². The molecule has 0 aliphatic carbocycles. The van der Waals surface area contributed by atoms with Crippen LogP contribution in [0.25, 0.3) is 0 Å². The maximum atomic E-state index is 12.9. The number of fused-ring (bicyclic) bond motifs is 1. The van der Waals surface area contributed by atoms with Crippen LogP contribution < -0.4 is 0 Å². The highest BCUT2D eigenvalue weighted by Gasteiger charge is 2.35. The van der Waals surface area contributed by atoms with Crippen molar-refractivity contribution in [2.45, 2.75) is 28.4 Å². The zero-order valence-electron chi connectivity index (χ0n) is 16.1. The van der Waals surface area contributed by atoms with Gasteiger partial charge in [-0.2, -0.15) is 4.31 Å². The average Bonchev–Trinajstić information content (AvgIpc) is 3.17. The fraction of sp³-hybridized carbons (Fsp3) is 0.333. The Kier molecular flexibility index (Phi) is 5.50. The van der Waals surface area contributed by atoms with E-state index in [1.165, 1.54) is 41.1 Å². The largest absolute Gasteiger partial charge is 0.339 e. The second-order valence-corrected chi connectivity index (χ2v) is 10.4. The zero-order chi connectivity index (χ0) is 20.6. The number of hydrogen-bond acceptors (Lipinski definition) is 5. The number of benzene rings is 2. The van der Waals surface area contributed by atoms with E-state index in [2.05, 4.69) is 6.07 Å². The first-order valence-electron chi connectivity index (χ1n) is 9.51. The molecule has 2 aliphatic rings. The lowest BCUT2D eigenvalue weighted by Crippen LogP contribution is -2.52. The molecule has 2 heterocycles. The minimum Gasteiger partial charge on any atom is -0.339 e. The Labute approximate surface area is 174 Å². The molecule has 0 aromatic heterocycles. The molecule has 0 unspecified atom stereocenters. The van der Waals surface area contributed by atoms with Gasteiger partial charge in [-0.25, -0.2) is 8.42 Å². The lowest BCUT2D eigenvalue weighted by atomic mass is 10.1. The van der Waals surface area contributed by atoms with Crippen LogP contribution in [0.2, 0.25) is 0 Å². The van der Waals surface area contributed by atoms with Crippen molar-refractivity contribution in [1.29, 1.82) is 0 Å². The second-order valence-electron chi connectivity index (χ2n) is 7.23. The van der Waals surface area contributed by atoms with Gasteiger partial charge < -0.3 is 4.90 Å². The Morgan fingerprint density at radius 2 is 1.62 bits per heavy atom. The molecule has 2 aromatic rings. The molecule has 2 aromatic carbocycles. The van der Waals surface area contributed by atoms with Crippen LogP contribution in [0.1, 0.15) is 22.8 Å². The van der Waals surface area contributed by atoms with Gasteiger partial charge in [0.1, 0.15) is 0 Å². The van der Waals surface area contributed by atoms with Crippen LogP contribution in [0.5, 0.6) is 0 Å². The first kappa shape index (κ1) is 20.1. The van der Waals surface area contributed by atoms with Crippen molar-refractivity contribution in [3.63, 3.8) is 0 Å². The van der Waals surface area contributed by atoms with E-state index in [0.717, 1.165) is 11.3 Å². The molecule has 1 amide bonds. The molecule has 0 spiro atoms. The predicted molar refractivity (Wildman–Crippen MR) is 112 cm³/mol. The number of hydrogen-bond donors (Lipinski definition) is 0. The fourth-order valence-electron chi connectivity index (χ4n) is 3.68. The van der Waals surface area contributed by atoms with Crippen molar-refractivity contribution in [2.24, 2.45) is 0 Å². The molecule has 0 saturated carbocycles. The Bertz CT molecular complexity index is 1020. The van der Waals surface area contributed by atoms with Gasteiger partial charge in [-0.1, -0.05) is 30.3 Å². The van der Waals surface area contributed by atoms with Crippen LogP contribution >= 0.6 is 11.8 Å². The molecular formula is C21H22N2O4S2. The molecule has 1 atom stereocenters. The highest BCUT2D eigenvalue weighted by molar-refractivity contribution is 8.01. The number of rotatable bonds is 4. The molecule has 1 saturated heterocycles. The lowest BCUT2D eigenvalue weighted by Gasteiger charge is -2.35. The third kappa shape index (κ3) is 3.97. The van der Waals surface area contributed by atoms with Crippen LogP contribution in [0.15, 0.2) is 58.3 Å². The van der Waals surface area contributed by atoms with Crippen molar-refractivity contribution in [1.82, 2.24) is 9.21 Å². The standard InChI is InChI=1S/C21H22N2O4S2/c1-15(24)16-6-8-18(9-7-16)29(26,27)23-12-10-22(11-13-23)21(25)20-14-17-4-2-3-5-19(17)28-20/h2-9,20H,10-14H2,1H3/t20-/m0/s1. The summed E-state index contributed by atoms with van der Waals surface area (Å²) in [5.41, 5.74) is 1.68. The second kappa shape index (κ2) is 7.93. The molecule has 2 aliphatic heterocycles. The molecule has 0 radical (unpaired) electrons. The van der Waals surface area contributed by atoms with Crippen molar-refractivity contribution < 1.29 is 18.0 Å². The normalized spacial score (nSPS) is 19.8. The molecule has 0 N–H and O–H groups in total. The Morgan fingerprint density at radius 3 is 2.24 bits per heavy atom. The number of thioether (sulfide) groups is 1. The summed E-state index contributed by atoms with van der Waals surface area (Å²) in [5, 5.41) is -0.130. The SMILES string of the molecule is CC(=O)c1ccc(S(=O)(=O)N2CCN(C(=O)[C@@H]3Cc4ccccc4S3)CC2)cc1. The van der Waals surface area contributed by atoms with Gasteiger partial charge in [0.15, 0.2) is 5.78 Å². The van der Waals surface area contributed by atoms with Gasteiger partial charge >= 0.3 is 0 Å². The number of Topliss-reactive ketones (excluding diaryl/α,β-unsaturated/α-hetero) is 1. The number of nitrogens with zero attached hydrogens (tertiary/aromatic N) is 2. The van der Waals surface area contributed by atoms with E-state index in [-0.39, 0.29) is 34.9 Å². The maximum absolute atomic E-state index is 12.9. The Hall–Kier alpha value is -2.16. The molecule has 4 rings (SSSR count). The Balaban J connectivity index is 1.39. The summed E-state index contributed by atoms with van der Waals surface area (Å²) >= 11 is 1.59. The molecule has 6 nitrogen and oxygen atoms in total. The number of carbonyl (C=O) groups is 2. The first-order chi connectivity index (χ1) is 13.9. The minimum absolute atomic E-state index is 0.0778. The van der Waals surface area contributed by atoms with E-state index in [0.29, 0.717) is 18.7 Å². The quantitative estimate of drug-likeness (QED) is 0.697. The summed E-state index contributed by atoms with van der Waals surface area (Å²) in [6.45, 7) is 2.76. The zero-order valence-corrected chi connectivity index (χ0v) is 17.7. The van der Waals surface area contributed by atoms with E-state index in [4.69, 9.17) is 0 Å². The van der Waals surface area contributed by atoms with Gasteiger partial charge in [0.05, 0.1) is 10.1 Å². The summed E-state index contributed by atoms with van der Waals surface area (Å²) < 4.78 is 27.2. The van der Waals surface area contributed by atoms with E-state index in [9.17, 15) is 18.0 Å². The van der Waals surface area contributed by atoms with Gasteiger partial charge in [-0.3, -0.25) is 9.59 Å². The average molecular weight is 431 g/mol. The van der Waals surface area contributed by atoms with E-state index in [1.807, 2.05) is 18.2 Å². The third-order valence-corrected chi connectivity index (χ3v) is 8.59. The summed E-state index contributed by atoms with van der Waals surface area (Å²) in [7, 11) is -3.64. The summed E-state index contributed by atoms with van der Waals surface area (Å²) in [4.78, 5) is 27.4. The van der Waals surface area contributed by atoms with Crippen LogP contribution in [0.3, 0.4) is 0 Å². The van der Waals surface area contributed by atoms with Crippen LogP contribution in [-0.4, -0.2) is 60.7 Å². The summed E-state index contributed by atoms with van der Waals surface area (Å²) in [6, 6.07) is 14.1. The number of amides is 1. The molecule has 8 heteroatoms. The van der Waals surface area contributed by atoms with Gasteiger partial charge in [0.2, 0.25) is 15.9 Å². The summed E-state index contributed by atoms with van der Waals surface area (Å²) in [5.74, 6) is -0.0259. The third-order valence-electron chi connectivity index (χ3n) is 5.37. The van der Waals surface area contributed by atoms with Crippen molar-refractivity contribution in [2.75, 3.05) is 26.2 Å². The summed E-state index contributed by atoms with van der Waals surface area (Å²) in [6.07, 6.45) is 0.723. The maximum Gasteiger partial charge on any atom is 0.243 e. The van der Waals surface area contributed by atoms with Crippen LogP contribution in [-0.2, 0) is 21.2 Å². The highest BCUT2D eigenvalue weighted by Crippen LogP contribution is 2.37. The number of sulfonamides is 1. The van der Waals surface area contributed by atoms with Crippen molar-refractivity contribution >= 4 is 33.5 Å².